The van der Waals surface area contributed by atoms with Gasteiger partial charge in [0.25, 0.3) is 5.91 Å². The number of halogens is 2. The third kappa shape index (κ3) is 5.88. The Morgan fingerprint density at radius 2 is 1.79 bits per heavy atom. The van der Waals surface area contributed by atoms with Crippen LogP contribution in [0.2, 0.25) is 0 Å². The molecule has 134 valence electrons. The van der Waals surface area contributed by atoms with Crippen LogP contribution in [0.1, 0.15) is 49.7 Å². The van der Waals surface area contributed by atoms with Gasteiger partial charge in [0.2, 0.25) is 0 Å². The van der Waals surface area contributed by atoms with E-state index in [0.717, 1.165) is 12.1 Å². The maximum Gasteiger partial charge on any atom is 0.302 e. The molecule has 1 N–H and O–H groups in total. The number of carbonyl (C=O) groups is 2. The van der Waals surface area contributed by atoms with Crippen molar-refractivity contribution >= 4 is 11.9 Å². The second-order valence-corrected chi connectivity index (χ2v) is 5.70. The molecular weight excluding hydrogens is 320 g/mol. The van der Waals surface area contributed by atoms with Gasteiger partial charge in [-0.15, -0.1) is 0 Å². The standard InChI is InChI=1S/C17H23F2NO4/c1-5-23-15(9-24-11(4)21)16-13(18)6-12(7-14(16)19)17(22)20-8-10(2)3/h6-7,10,15H,5,8-9H2,1-4H3,(H,20,22). The van der Waals surface area contributed by atoms with Crippen molar-refractivity contribution in [1.29, 1.82) is 0 Å². The van der Waals surface area contributed by atoms with Crippen LogP contribution in [0, 0.1) is 17.6 Å². The van der Waals surface area contributed by atoms with E-state index in [4.69, 9.17) is 9.47 Å². The lowest BCUT2D eigenvalue weighted by Gasteiger charge is -2.19. The van der Waals surface area contributed by atoms with E-state index in [9.17, 15) is 18.4 Å². The Morgan fingerprint density at radius 1 is 1.21 bits per heavy atom. The molecule has 0 aliphatic rings. The van der Waals surface area contributed by atoms with Gasteiger partial charge in [0.1, 0.15) is 24.3 Å². The summed E-state index contributed by atoms with van der Waals surface area (Å²) in [6.07, 6.45) is -1.08. The third-order valence-corrected chi connectivity index (χ3v) is 3.14. The normalized spacial score (nSPS) is 12.1. The zero-order valence-corrected chi connectivity index (χ0v) is 14.3. The number of benzene rings is 1. The number of ether oxygens (including phenoxy) is 2. The van der Waals surface area contributed by atoms with E-state index < -0.39 is 29.6 Å². The molecule has 7 heteroatoms. The summed E-state index contributed by atoms with van der Waals surface area (Å²) in [5.74, 6) is -2.76. The Bertz CT molecular complexity index is 567. The highest BCUT2D eigenvalue weighted by Crippen LogP contribution is 2.26. The zero-order chi connectivity index (χ0) is 18.3. The molecule has 0 heterocycles. The van der Waals surface area contributed by atoms with Crippen LogP contribution >= 0.6 is 0 Å². The molecular formula is C17H23F2NO4. The van der Waals surface area contributed by atoms with Gasteiger partial charge < -0.3 is 14.8 Å². The van der Waals surface area contributed by atoms with Crippen molar-refractivity contribution < 1.29 is 27.8 Å². The summed E-state index contributed by atoms with van der Waals surface area (Å²) in [6, 6.07) is 1.90. The first-order valence-electron chi connectivity index (χ1n) is 7.78. The predicted molar refractivity (Wildman–Crippen MR) is 84.5 cm³/mol. The average Bonchev–Trinajstić information content (AvgIpc) is 2.49. The maximum absolute atomic E-state index is 14.3. The molecule has 1 aromatic rings. The number of carbonyl (C=O) groups excluding carboxylic acids is 2. The van der Waals surface area contributed by atoms with Crippen LogP contribution in [0.15, 0.2) is 12.1 Å². The molecule has 0 bridgehead atoms. The van der Waals surface area contributed by atoms with Crippen LogP contribution in [0.5, 0.6) is 0 Å². The van der Waals surface area contributed by atoms with E-state index in [1.807, 2.05) is 13.8 Å². The van der Waals surface area contributed by atoms with Crippen LogP contribution in [0.3, 0.4) is 0 Å². The van der Waals surface area contributed by atoms with Gasteiger partial charge in [0.15, 0.2) is 0 Å². The molecule has 0 saturated carbocycles. The maximum atomic E-state index is 14.3. The number of rotatable bonds is 8. The number of nitrogens with one attached hydrogen (secondary N) is 1. The smallest absolute Gasteiger partial charge is 0.302 e. The van der Waals surface area contributed by atoms with Gasteiger partial charge >= 0.3 is 5.97 Å². The second kappa shape index (κ2) is 9.32. The van der Waals surface area contributed by atoms with E-state index in [0.29, 0.717) is 6.54 Å². The fraction of sp³-hybridized carbons (Fsp3) is 0.529. The molecule has 1 rings (SSSR count). The highest BCUT2D eigenvalue weighted by atomic mass is 19.1. The average molecular weight is 343 g/mol. The van der Waals surface area contributed by atoms with Crippen LogP contribution in [-0.4, -0.2) is 31.6 Å². The van der Waals surface area contributed by atoms with Crippen molar-refractivity contribution in [2.45, 2.75) is 33.8 Å². The summed E-state index contributed by atoms with van der Waals surface area (Å²) < 4.78 is 38.7. The monoisotopic (exact) mass is 343 g/mol. The van der Waals surface area contributed by atoms with Crippen molar-refractivity contribution in [3.8, 4) is 0 Å². The highest BCUT2D eigenvalue weighted by molar-refractivity contribution is 5.94. The van der Waals surface area contributed by atoms with Crippen LogP contribution in [0.25, 0.3) is 0 Å². The molecule has 1 aromatic carbocycles. The Labute approximate surface area is 140 Å². The summed E-state index contributed by atoms with van der Waals surface area (Å²) in [5, 5.41) is 2.59. The molecule has 0 aliphatic heterocycles. The van der Waals surface area contributed by atoms with Gasteiger partial charge in [-0.3, -0.25) is 9.59 Å². The summed E-state index contributed by atoms with van der Waals surface area (Å²) in [4.78, 5) is 22.8. The quantitative estimate of drug-likeness (QED) is 0.737. The van der Waals surface area contributed by atoms with E-state index in [2.05, 4.69) is 5.32 Å². The largest absolute Gasteiger partial charge is 0.463 e. The summed E-state index contributed by atoms with van der Waals surface area (Å²) in [6.45, 7) is 6.94. The van der Waals surface area contributed by atoms with Gasteiger partial charge in [-0.1, -0.05) is 13.8 Å². The van der Waals surface area contributed by atoms with Crippen LogP contribution < -0.4 is 5.32 Å². The molecule has 0 aromatic heterocycles. The zero-order valence-electron chi connectivity index (χ0n) is 14.3. The number of amides is 1. The first-order valence-corrected chi connectivity index (χ1v) is 7.78. The Hall–Kier alpha value is -2.02. The second-order valence-electron chi connectivity index (χ2n) is 5.70. The Kier molecular flexibility index (Phi) is 7.78. The molecule has 1 unspecified atom stereocenters. The van der Waals surface area contributed by atoms with Gasteiger partial charge in [-0.05, 0) is 25.0 Å². The SMILES string of the molecule is CCOC(COC(C)=O)c1c(F)cc(C(=O)NCC(C)C)cc1F. The third-order valence-electron chi connectivity index (χ3n) is 3.14. The summed E-state index contributed by atoms with van der Waals surface area (Å²) in [5.41, 5.74) is -0.476. The molecule has 1 amide bonds. The lowest BCUT2D eigenvalue weighted by molar-refractivity contribution is -0.145. The minimum atomic E-state index is -1.08. The fourth-order valence-electron chi connectivity index (χ4n) is 2.03. The number of esters is 1. The van der Waals surface area contributed by atoms with Crippen molar-refractivity contribution in [2.75, 3.05) is 19.8 Å². The lowest BCUT2D eigenvalue weighted by Crippen LogP contribution is -2.28. The van der Waals surface area contributed by atoms with Gasteiger partial charge in [-0.2, -0.15) is 0 Å². The predicted octanol–water partition coefficient (Wildman–Crippen LogP) is 2.99. The van der Waals surface area contributed by atoms with Crippen molar-refractivity contribution in [3.63, 3.8) is 0 Å². The molecule has 0 radical (unpaired) electrons. The molecule has 0 fully saturated rings. The molecule has 0 saturated heterocycles. The minimum Gasteiger partial charge on any atom is -0.463 e. The van der Waals surface area contributed by atoms with Crippen molar-refractivity contribution in [2.24, 2.45) is 5.92 Å². The van der Waals surface area contributed by atoms with Gasteiger partial charge in [0.05, 0.1) is 5.56 Å². The van der Waals surface area contributed by atoms with Gasteiger partial charge in [0, 0.05) is 25.6 Å². The number of hydrogen-bond donors (Lipinski definition) is 1. The Morgan fingerprint density at radius 3 is 2.25 bits per heavy atom. The van der Waals surface area contributed by atoms with Gasteiger partial charge in [-0.25, -0.2) is 8.78 Å². The fourth-order valence-corrected chi connectivity index (χ4v) is 2.03. The Balaban J connectivity index is 3.03. The van der Waals surface area contributed by atoms with E-state index in [-0.39, 0.29) is 30.3 Å². The number of hydrogen-bond acceptors (Lipinski definition) is 4. The van der Waals surface area contributed by atoms with E-state index in [1.165, 1.54) is 6.92 Å². The molecule has 1 atom stereocenters. The first kappa shape index (κ1) is 20.0. The van der Waals surface area contributed by atoms with Crippen molar-refractivity contribution in [1.82, 2.24) is 5.32 Å². The van der Waals surface area contributed by atoms with Crippen LogP contribution in [0.4, 0.5) is 8.78 Å². The van der Waals surface area contributed by atoms with E-state index >= 15 is 0 Å². The molecule has 24 heavy (non-hydrogen) atoms. The van der Waals surface area contributed by atoms with E-state index in [1.54, 1.807) is 6.92 Å². The minimum absolute atomic E-state index is 0.114. The van der Waals surface area contributed by atoms with Crippen molar-refractivity contribution in [3.05, 3.63) is 34.9 Å². The molecule has 5 nitrogen and oxygen atoms in total. The topological polar surface area (TPSA) is 64.6 Å². The first-order chi connectivity index (χ1) is 11.3. The lowest BCUT2D eigenvalue weighted by atomic mass is 10.0. The summed E-state index contributed by atoms with van der Waals surface area (Å²) in [7, 11) is 0. The highest BCUT2D eigenvalue weighted by Gasteiger charge is 2.24. The van der Waals surface area contributed by atoms with Crippen LogP contribution in [-0.2, 0) is 14.3 Å². The summed E-state index contributed by atoms with van der Waals surface area (Å²) >= 11 is 0. The molecule has 0 aliphatic carbocycles. The molecule has 0 spiro atoms.